The average molecular weight is 355 g/mol. The first kappa shape index (κ1) is 18.8. The molecule has 142 valence electrons. The van der Waals surface area contributed by atoms with Gasteiger partial charge in [-0.2, -0.15) is 0 Å². The van der Waals surface area contributed by atoms with Crippen molar-refractivity contribution in [2.75, 3.05) is 59.9 Å². The van der Waals surface area contributed by atoms with Crippen molar-refractivity contribution in [1.29, 1.82) is 0 Å². The Morgan fingerprint density at radius 2 is 1.60 bits per heavy atom. The molecule has 2 bridgehead atoms. The van der Waals surface area contributed by atoms with E-state index in [0.717, 1.165) is 6.42 Å². The maximum absolute atomic E-state index is 12.5. The Bertz CT molecular complexity index is 470. The van der Waals surface area contributed by atoms with Crippen LogP contribution < -0.4 is 0 Å². The van der Waals surface area contributed by atoms with E-state index in [-0.39, 0.29) is 17.7 Å². The van der Waals surface area contributed by atoms with Crippen LogP contribution in [-0.4, -0.2) is 82.0 Å². The number of nitrogens with zero attached hydrogens (tertiary/aromatic N) is 1. The average Bonchev–Trinajstić information content (AvgIpc) is 3.28. The third-order valence-electron chi connectivity index (χ3n) is 5.40. The second-order valence-corrected chi connectivity index (χ2v) is 6.83. The number of methoxy groups -OCH3 is 1. The number of carbonyl (C=O) groups excluding carboxylic acids is 1. The third-order valence-corrected chi connectivity index (χ3v) is 5.40. The molecular weight excluding hydrogens is 326 g/mol. The van der Waals surface area contributed by atoms with E-state index in [1.807, 2.05) is 0 Å². The molecule has 0 aromatic heterocycles. The molecule has 1 saturated heterocycles. The summed E-state index contributed by atoms with van der Waals surface area (Å²) in [5.74, 6) is 0.819. The molecule has 7 nitrogen and oxygen atoms in total. The molecule has 2 fully saturated rings. The van der Waals surface area contributed by atoms with Gasteiger partial charge in [-0.1, -0.05) is 12.2 Å². The zero-order valence-corrected chi connectivity index (χ0v) is 14.8. The summed E-state index contributed by atoms with van der Waals surface area (Å²) in [6.45, 7) is 4.03. The molecule has 0 spiro atoms. The highest BCUT2D eigenvalue weighted by Crippen LogP contribution is 2.53. The van der Waals surface area contributed by atoms with Gasteiger partial charge in [-0.05, 0) is 18.3 Å². The lowest BCUT2D eigenvalue weighted by Crippen LogP contribution is -2.39. The van der Waals surface area contributed by atoms with Crippen LogP contribution in [0.25, 0.3) is 0 Å². The van der Waals surface area contributed by atoms with E-state index >= 15 is 0 Å². The second-order valence-electron chi connectivity index (χ2n) is 6.83. The van der Waals surface area contributed by atoms with Crippen molar-refractivity contribution in [2.24, 2.45) is 23.7 Å². The van der Waals surface area contributed by atoms with Crippen molar-refractivity contribution in [2.45, 2.75) is 12.6 Å². The number of aliphatic hydroxyl groups excluding tert-OH is 1. The maximum atomic E-state index is 12.5. The number of fused-ring (bicyclic) bond motifs is 5. The molecule has 1 heterocycles. The van der Waals surface area contributed by atoms with Crippen LogP contribution in [0.5, 0.6) is 0 Å². The summed E-state index contributed by atoms with van der Waals surface area (Å²) in [5, 5.41) is 10.5. The summed E-state index contributed by atoms with van der Waals surface area (Å²) in [4.78, 5) is 14.1. The van der Waals surface area contributed by atoms with Gasteiger partial charge in [-0.25, -0.2) is 0 Å². The highest BCUT2D eigenvalue weighted by atomic mass is 16.6. The maximum Gasteiger partial charge on any atom is 0.228 e. The van der Waals surface area contributed by atoms with Crippen LogP contribution in [-0.2, 0) is 23.7 Å². The van der Waals surface area contributed by atoms with Gasteiger partial charge in [-0.3, -0.25) is 4.79 Å². The van der Waals surface area contributed by atoms with E-state index < -0.39 is 6.23 Å². The lowest BCUT2D eigenvalue weighted by Gasteiger charge is -2.25. The van der Waals surface area contributed by atoms with Gasteiger partial charge in [-0.15, -0.1) is 0 Å². The number of hydrogen-bond donors (Lipinski definition) is 1. The topological polar surface area (TPSA) is 77.5 Å². The first-order chi connectivity index (χ1) is 12.2. The molecule has 1 amide bonds. The number of allylic oxidation sites excluding steroid dienone is 2. The highest BCUT2D eigenvalue weighted by Gasteiger charge is 2.58. The molecule has 3 rings (SSSR count). The largest absolute Gasteiger partial charge is 0.382 e. The Morgan fingerprint density at radius 1 is 1.00 bits per heavy atom. The first-order valence-electron chi connectivity index (χ1n) is 9.13. The van der Waals surface area contributed by atoms with Crippen LogP contribution in [0.15, 0.2) is 12.2 Å². The minimum absolute atomic E-state index is 0.0218. The Hall–Kier alpha value is -0.990. The molecule has 1 aliphatic heterocycles. The molecule has 0 radical (unpaired) electrons. The molecule has 1 N–H and O–H groups in total. The normalized spacial score (nSPS) is 32.8. The predicted molar refractivity (Wildman–Crippen MR) is 89.8 cm³/mol. The van der Waals surface area contributed by atoms with Gasteiger partial charge < -0.3 is 29.0 Å². The minimum atomic E-state index is -0.665. The molecule has 2 aliphatic carbocycles. The molecule has 1 saturated carbocycles. The van der Waals surface area contributed by atoms with Crippen molar-refractivity contribution >= 4 is 5.91 Å². The van der Waals surface area contributed by atoms with E-state index in [1.54, 1.807) is 12.0 Å². The van der Waals surface area contributed by atoms with Crippen LogP contribution in [0.4, 0.5) is 0 Å². The Balaban J connectivity index is 1.24. The van der Waals surface area contributed by atoms with Crippen molar-refractivity contribution in [1.82, 2.24) is 4.90 Å². The SMILES string of the molecule is COCCOCCOCCOCCN1C(=O)C2C3C=CC(C3)C2C1O. The van der Waals surface area contributed by atoms with Gasteiger partial charge in [0.2, 0.25) is 5.91 Å². The molecule has 7 heteroatoms. The van der Waals surface area contributed by atoms with Gasteiger partial charge in [0.25, 0.3) is 0 Å². The van der Waals surface area contributed by atoms with Crippen molar-refractivity contribution in [3.05, 3.63) is 12.2 Å². The Morgan fingerprint density at radius 3 is 2.24 bits per heavy atom. The van der Waals surface area contributed by atoms with Gasteiger partial charge in [0.15, 0.2) is 0 Å². The Labute approximate surface area is 148 Å². The smallest absolute Gasteiger partial charge is 0.228 e. The van der Waals surface area contributed by atoms with E-state index in [2.05, 4.69) is 12.2 Å². The Kier molecular flexibility index (Phi) is 6.84. The summed E-state index contributed by atoms with van der Waals surface area (Å²) in [6.07, 6.45) is 4.67. The van der Waals surface area contributed by atoms with Crippen molar-refractivity contribution < 1.29 is 28.8 Å². The molecule has 0 aromatic carbocycles. The zero-order chi connectivity index (χ0) is 17.6. The lowest BCUT2D eigenvalue weighted by molar-refractivity contribution is -0.137. The fourth-order valence-corrected chi connectivity index (χ4v) is 4.23. The summed E-state index contributed by atoms with van der Waals surface area (Å²) < 4.78 is 21.1. The number of aliphatic hydroxyl groups is 1. The first-order valence-corrected chi connectivity index (χ1v) is 9.13. The number of hydrogen-bond acceptors (Lipinski definition) is 6. The van der Waals surface area contributed by atoms with Gasteiger partial charge in [0.05, 0.1) is 52.2 Å². The molecule has 25 heavy (non-hydrogen) atoms. The third kappa shape index (κ3) is 4.23. The summed E-state index contributed by atoms with van der Waals surface area (Å²) in [5.41, 5.74) is 0. The fraction of sp³-hybridized carbons (Fsp3) is 0.833. The number of likely N-dealkylation sites (tertiary alicyclic amines) is 1. The second kappa shape index (κ2) is 9.09. The van der Waals surface area contributed by atoms with Crippen LogP contribution in [0.1, 0.15) is 6.42 Å². The van der Waals surface area contributed by atoms with Crippen molar-refractivity contribution in [3.63, 3.8) is 0 Å². The lowest BCUT2D eigenvalue weighted by atomic mass is 9.85. The molecule has 3 aliphatic rings. The number of ether oxygens (including phenoxy) is 4. The van der Waals surface area contributed by atoms with Crippen LogP contribution >= 0.6 is 0 Å². The number of amides is 1. The molecule has 5 atom stereocenters. The minimum Gasteiger partial charge on any atom is -0.382 e. The van der Waals surface area contributed by atoms with Crippen molar-refractivity contribution in [3.8, 4) is 0 Å². The fourth-order valence-electron chi connectivity index (χ4n) is 4.23. The highest BCUT2D eigenvalue weighted by molar-refractivity contribution is 5.83. The summed E-state index contributed by atoms with van der Waals surface area (Å²) in [6, 6.07) is 0. The van der Waals surface area contributed by atoms with E-state index in [1.165, 1.54) is 0 Å². The van der Waals surface area contributed by atoms with E-state index in [0.29, 0.717) is 64.6 Å². The summed E-state index contributed by atoms with van der Waals surface area (Å²) >= 11 is 0. The molecular formula is C18H29NO6. The van der Waals surface area contributed by atoms with E-state index in [9.17, 15) is 9.90 Å². The van der Waals surface area contributed by atoms with Gasteiger partial charge >= 0.3 is 0 Å². The zero-order valence-electron chi connectivity index (χ0n) is 14.8. The monoisotopic (exact) mass is 355 g/mol. The number of rotatable bonds is 12. The molecule has 5 unspecified atom stereocenters. The van der Waals surface area contributed by atoms with E-state index in [4.69, 9.17) is 18.9 Å². The standard InChI is InChI=1S/C18H29NO6/c1-22-6-7-24-10-11-25-9-8-23-5-4-19-17(20)15-13-2-3-14(12-13)16(15)18(19)21/h2-3,13-17,20H,4-12H2,1H3. The van der Waals surface area contributed by atoms with Crippen LogP contribution in [0.3, 0.4) is 0 Å². The quantitative estimate of drug-likeness (QED) is 0.400. The van der Waals surface area contributed by atoms with Crippen LogP contribution in [0.2, 0.25) is 0 Å². The van der Waals surface area contributed by atoms with Crippen LogP contribution in [0, 0.1) is 23.7 Å². The van der Waals surface area contributed by atoms with Gasteiger partial charge in [0, 0.05) is 19.6 Å². The number of carbonyl (C=O) groups is 1. The molecule has 0 aromatic rings. The van der Waals surface area contributed by atoms with Gasteiger partial charge in [0.1, 0.15) is 6.23 Å². The summed E-state index contributed by atoms with van der Waals surface area (Å²) in [7, 11) is 1.64. The predicted octanol–water partition coefficient (Wildman–Crippen LogP) is 0.282.